The van der Waals surface area contributed by atoms with Crippen LogP contribution in [-0.4, -0.2) is 56.7 Å². The smallest absolute Gasteiger partial charge is 0.269 e. The van der Waals surface area contributed by atoms with E-state index in [1.54, 1.807) is 6.07 Å². The van der Waals surface area contributed by atoms with Crippen LogP contribution < -0.4 is 15.5 Å². The molecule has 0 spiro atoms. The van der Waals surface area contributed by atoms with E-state index in [0.717, 1.165) is 16.7 Å². The second-order valence-electron chi connectivity index (χ2n) is 8.86. The van der Waals surface area contributed by atoms with Crippen LogP contribution >= 0.6 is 0 Å². The number of carbonyl (C=O) groups is 2. The van der Waals surface area contributed by atoms with Crippen molar-refractivity contribution in [3.8, 4) is 0 Å². The van der Waals surface area contributed by atoms with Gasteiger partial charge in [-0.15, -0.1) is 0 Å². The lowest BCUT2D eigenvalue weighted by Crippen LogP contribution is -2.44. The van der Waals surface area contributed by atoms with Crippen LogP contribution in [0.2, 0.25) is 0 Å². The maximum absolute atomic E-state index is 13.6. The molecule has 9 heteroatoms. The number of amides is 2. The van der Waals surface area contributed by atoms with Crippen LogP contribution in [0.4, 0.5) is 11.4 Å². The number of rotatable bonds is 4. The fraction of sp³-hybridized carbons (Fsp3) is 0.222. The molecule has 2 aliphatic heterocycles. The molecule has 0 aliphatic carbocycles. The highest BCUT2D eigenvalue weighted by atomic mass is 32.2. The molecule has 2 aliphatic rings. The molecule has 0 aromatic heterocycles. The molecule has 2 N–H and O–H groups in total. The Hall–Kier alpha value is -3.98. The molecule has 3 aromatic rings. The molecule has 3 aromatic carbocycles. The van der Waals surface area contributed by atoms with Crippen molar-refractivity contribution in [3.05, 3.63) is 95.1 Å². The van der Waals surface area contributed by atoms with Crippen molar-refractivity contribution in [2.24, 2.45) is 4.99 Å². The second kappa shape index (κ2) is 9.58. The van der Waals surface area contributed by atoms with E-state index in [1.165, 1.54) is 0 Å². The standard InChI is InChI=1S/C27H26N4O4S/c1-18-8-7-13-22(31-14-16-36(34,35)17-15-31)23(18)26(32)30-25-27(33)28-21-12-6-5-11-20(21)24(29-25)19-9-3-2-4-10-19/h2-13,25H,14-17H2,1H3,(H,28,33)(H,30,32). The van der Waals surface area contributed by atoms with Gasteiger partial charge in [0, 0.05) is 29.9 Å². The van der Waals surface area contributed by atoms with Crippen molar-refractivity contribution in [3.63, 3.8) is 0 Å². The van der Waals surface area contributed by atoms with Crippen LogP contribution in [0, 0.1) is 6.92 Å². The van der Waals surface area contributed by atoms with Gasteiger partial charge in [0.2, 0.25) is 6.17 Å². The molecule has 1 unspecified atom stereocenters. The Morgan fingerprint density at radius 3 is 2.42 bits per heavy atom. The number of anilines is 2. The first-order valence-corrected chi connectivity index (χ1v) is 13.5. The Bertz CT molecular complexity index is 1450. The predicted octanol–water partition coefficient (Wildman–Crippen LogP) is 2.78. The number of para-hydroxylation sites is 1. The fourth-order valence-electron chi connectivity index (χ4n) is 4.54. The number of fused-ring (bicyclic) bond motifs is 1. The number of nitrogens with one attached hydrogen (secondary N) is 2. The Labute approximate surface area is 210 Å². The zero-order valence-electron chi connectivity index (χ0n) is 19.8. The fourth-order valence-corrected chi connectivity index (χ4v) is 5.74. The molecule has 8 nitrogen and oxygen atoms in total. The average Bonchev–Trinajstić information content (AvgIpc) is 3.00. The summed E-state index contributed by atoms with van der Waals surface area (Å²) in [6, 6.07) is 22.4. The molecular formula is C27H26N4O4S. The van der Waals surface area contributed by atoms with Gasteiger partial charge in [-0.25, -0.2) is 13.4 Å². The molecule has 2 amide bonds. The molecule has 0 saturated carbocycles. The number of aliphatic imine (C=N–C) groups is 1. The minimum atomic E-state index is -3.07. The number of hydrogen-bond donors (Lipinski definition) is 2. The lowest BCUT2D eigenvalue weighted by Gasteiger charge is -2.31. The number of carbonyl (C=O) groups excluding carboxylic acids is 2. The van der Waals surface area contributed by atoms with Crippen molar-refractivity contribution in [1.82, 2.24) is 5.32 Å². The molecule has 1 saturated heterocycles. The van der Waals surface area contributed by atoms with E-state index in [1.807, 2.05) is 78.6 Å². The second-order valence-corrected chi connectivity index (χ2v) is 11.2. The topological polar surface area (TPSA) is 108 Å². The van der Waals surface area contributed by atoms with Crippen LogP contribution in [0.25, 0.3) is 0 Å². The van der Waals surface area contributed by atoms with E-state index >= 15 is 0 Å². The first kappa shape index (κ1) is 23.7. The summed E-state index contributed by atoms with van der Waals surface area (Å²) in [6.07, 6.45) is -1.16. The van der Waals surface area contributed by atoms with Gasteiger partial charge in [0.25, 0.3) is 11.8 Å². The summed E-state index contributed by atoms with van der Waals surface area (Å²) in [4.78, 5) is 33.4. The molecule has 5 rings (SSSR count). The van der Waals surface area contributed by atoms with E-state index in [-0.39, 0.29) is 11.5 Å². The molecule has 2 heterocycles. The van der Waals surface area contributed by atoms with Crippen LogP contribution in [0.15, 0.2) is 77.8 Å². The Kier molecular flexibility index (Phi) is 6.32. The predicted molar refractivity (Wildman–Crippen MR) is 140 cm³/mol. The van der Waals surface area contributed by atoms with Crippen LogP contribution in [0.5, 0.6) is 0 Å². The number of benzodiazepines with no additional fused rings is 1. The Morgan fingerprint density at radius 1 is 0.972 bits per heavy atom. The third-order valence-corrected chi connectivity index (χ3v) is 8.03. The van der Waals surface area contributed by atoms with Gasteiger partial charge in [-0.1, -0.05) is 60.7 Å². The van der Waals surface area contributed by atoms with Crippen molar-refractivity contribution in [2.75, 3.05) is 34.8 Å². The highest BCUT2D eigenvalue weighted by Crippen LogP contribution is 2.27. The number of aryl methyl sites for hydroxylation is 1. The van der Waals surface area contributed by atoms with Gasteiger partial charge in [0.1, 0.15) is 0 Å². The minimum absolute atomic E-state index is 0.0377. The van der Waals surface area contributed by atoms with E-state index in [4.69, 9.17) is 4.99 Å². The van der Waals surface area contributed by atoms with Crippen molar-refractivity contribution in [2.45, 2.75) is 13.1 Å². The van der Waals surface area contributed by atoms with Crippen molar-refractivity contribution >= 4 is 38.7 Å². The zero-order valence-corrected chi connectivity index (χ0v) is 20.6. The lowest BCUT2D eigenvalue weighted by atomic mass is 10.0. The van der Waals surface area contributed by atoms with Crippen LogP contribution in [0.1, 0.15) is 27.0 Å². The molecule has 0 bridgehead atoms. The number of nitrogens with zero attached hydrogens (tertiary/aromatic N) is 2. The summed E-state index contributed by atoms with van der Waals surface area (Å²) in [5.41, 5.74) is 4.58. The van der Waals surface area contributed by atoms with Crippen molar-refractivity contribution in [1.29, 1.82) is 0 Å². The molecule has 184 valence electrons. The third-order valence-electron chi connectivity index (χ3n) is 6.42. The minimum Gasteiger partial charge on any atom is -0.369 e. The highest BCUT2D eigenvalue weighted by molar-refractivity contribution is 7.91. The summed E-state index contributed by atoms with van der Waals surface area (Å²) in [5, 5.41) is 5.70. The molecular weight excluding hydrogens is 476 g/mol. The average molecular weight is 503 g/mol. The largest absolute Gasteiger partial charge is 0.369 e. The number of benzene rings is 3. The van der Waals surface area contributed by atoms with Gasteiger partial charge in [-0.2, -0.15) is 0 Å². The third kappa shape index (κ3) is 4.74. The summed E-state index contributed by atoms with van der Waals surface area (Å²) in [7, 11) is -3.07. The van der Waals surface area contributed by atoms with E-state index in [2.05, 4.69) is 10.6 Å². The maximum atomic E-state index is 13.6. The van der Waals surface area contributed by atoms with Gasteiger partial charge in [0.15, 0.2) is 9.84 Å². The van der Waals surface area contributed by atoms with Crippen LogP contribution in [-0.2, 0) is 14.6 Å². The van der Waals surface area contributed by atoms with E-state index in [9.17, 15) is 18.0 Å². The molecule has 36 heavy (non-hydrogen) atoms. The van der Waals surface area contributed by atoms with Gasteiger partial charge < -0.3 is 15.5 Å². The SMILES string of the molecule is Cc1cccc(N2CCS(=O)(=O)CC2)c1C(=O)NC1N=C(c2ccccc2)c2ccccc2NC1=O. The van der Waals surface area contributed by atoms with Crippen molar-refractivity contribution < 1.29 is 18.0 Å². The normalized spacial score (nSPS) is 18.9. The van der Waals surface area contributed by atoms with E-state index in [0.29, 0.717) is 35.7 Å². The summed E-state index contributed by atoms with van der Waals surface area (Å²) < 4.78 is 23.8. The number of hydrogen-bond acceptors (Lipinski definition) is 6. The summed E-state index contributed by atoms with van der Waals surface area (Å²) >= 11 is 0. The first-order chi connectivity index (χ1) is 17.3. The monoisotopic (exact) mass is 502 g/mol. The van der Waals surface area contributed by atoms with Gasteiger partial charge in [0.05, 0.1) is 28.5 Å². The number of sulfone groups is 1. The summed E-state index contributed by atoms with van der Waals surface area (Å²) in [5.74, 6) is -0.814. The first-order valence-electron chi connectivity index (χ1n) is 11.7. The Morgan fingerprint density at radius 2 is 1.67 bits per heavy atom. The van der Waals surface area contributed by atoms with Gasteiger partial charge >= 0.3 is 0 Å². The highest BCUT2D eigenvalue weighted by Gasteiger charge is 2.30. The molecule has 0 radical (unpaired) electrons. The molecule has 1 atom stereocenters. The molecule has 1 fully saturated rings. The Balaban J connectivity index is 1.50. The maximum Gasteiger partial charge on any atom is 0.269 e. The lowest BCUT2D eigenvalue weighted by molar-refractivity contribution is -0.117. The van der Waals surface area contributed by atoms with E-state index < -0.39 is 27.8 Å². The zero-order chi connectivity index (χ0) is 25.3. The quantitative estimate of drug-likeness (QED) is 0.571. The summed E-state index contributed by atoms with van der Waals surface area (Å²) in [6.45, 7) is 2.43. The van der Waals surface area contributed by atoms with Crippen LogP contribution in [0.3, 0.4) is 0 Å². The van der Waals surface area contributed by atoms with Gasteiger partial charge in [-0.3, -0.25) is 9.59 Å². The van der Waals surface area contributed by atoms with Gasteiger partial charge in [-0.05, 0) is 24.6 Å².